The lowest BCUT2D eigenvalue weighted by molar-refractivity contribution is 0.120. The largest absolute Gasteiger partial charge is 0.378 e. The smallest absolute Gasteiger partial charge is 0.133 e. The van der Waals surface area contributed by atoms with Crippen molar-refractivity contribution in [2.75, 3.05) is 6.61 Å². The Hall–Kier alpha value is -0.550. The van der Waals surface area contributed by atoms with E-state index < -0.39 is 22.3 Å². The molecule has 5 heteroatoms. The predicted octanol–water partition coefficient (Wildman–Crippen LogP) is 3.96. The average Bonchev–Trinajstić information content (AvgIpc) is 2.63. The van der Waals surface area contributed by atoms with Crippen LogP contribution >= 0.6 is 15.9 Å². The third kappa shape index (κ3) is 2.65. The molecule has 94 valence electrons. The summed E-state index contributed by atoms with van der Waals surface area (Å²) < 4.78 is 45.3. The van der Waals surface area contributed by atoms with Crippen molar-refractivity contribution in [2.45, 2.75) is 24.3 Å². The lowest BCUT2D eigenvalue weighted by atomic mass is 9.96. The first kappa shape index (κ1) is 12.9. The van der Waals surface area contributed by atoms with Crippen LogP contribution in [0.15, 0.2) is 12.1 Å². The highest BCUT2D eigenvalue weighted by molar-refractivity contribution is 9.09. The van der Waals surface area contributed by atoms with E-state index in [4.69, 9.17) is 4.74 Å². The van der Waals surface area contributed by atoms with E-state index in [0.717, 1.165) is 6.42 Å². The second-order valence-electron chi connectivity index (χ2n) is 4.32. The van der Waals surface area contributed by atoms with Crippen LogP contribution in [0.2, 0.25) is 0 Å². The highest BCUT2D eigenvalue weighted by atomic mass is 79.9. The molecule has 1 aliphatic heterocycles. The van der Waals surface area contributed by atoms with Crippen LogP contribution in [0.5, 0.6) is 0 Å². The fourth-order valence-electron chi connectivity index (χ4n) is 2.11. The number of ether oxygens (including phenoxy) is 1. The number of hydrogen-bond acceptors (Lipinski definition) is 1. The van der Waals surface area contributed by atoms with Crippen LogP contribution in [0.1, 0.15) is 23.7 Å². The van der Waals surface area contributed by atoms with E-state index in [1.807, 2.05) is 6.92 Å². The maximum Gasteiger partial charge on any atom is 0.133 e. The zero-order chi connectivity index (χ0) is 12.6. The molecular weight excluding hydrogens is 297 g/mol. The first-order valence-electron chi connectivity index (χ1n) is 5.39. The zero-order valence-corrected chi connectivity index (χ0v) is 10.8. The Morgan fingerprint density at radius 2 is 1.88 bits per heavy atom. The summed E-state index contributed by atoms with van der Waals surface area (Å²) in [7, 11) is 0. The van der Waals surface area contributed by atoms with Gasteiger partial charge in [0.25, 0.3) is 0 Å². The maximum atomic E-state index is 13.6. The SMILES string of the molecule is CC1CC(C(Br)c2c(F)cc(F)cc2F)CO1. The van der Waals surface area contributed by atoms with Crippen LogP contribution in [-0.4, -0.2) is 12.7 Å². The Labute approximate surface area is 106 Å². The van der Waals surface area contributed by atoms with Crippen molar-refractivity contribution in [3.8, 4) is 0 Å². The second-order valence-corrected chi connectivity index (χ2v) is 5.31. The van der Waals surface area contributed by atoms with E-state index in [-0.39, 0.29) is 17.6 Å². The van der Waals surface area contributed by atoms with Gasteiger partial charge in [-0.25, -0.2) is 13.2 Å². The van der Waals surface area contributed by atoms with Gasteiger partial charge in [0.2, 0.25) is 0 Å². The molecular formula is C12H12BrF3O. The van der Waals surface area contributed by atoms with Crippen molar-refractivity contribution in [2.24, 2.45) is 5.92 Å². The fraction of sp³-hybridized carbons (Fsp3) is 0.500. The van der Waals surface area contributed by atoms with Gasteiger partial charge in [0, 0.05) is 23.6 Å². The molecule has 0 amide bonds. The molecule has 3 atom stereocenters. The molecule has 0 radical (unpaired) electrons. The molecule has 17 heavy (non-hydrogen) atoms. The van der Waals surface area contributed by atoms with Crippen LogP contribution < -0.4 is 0 Å². The molecule has 0 saturated carbocycles. The molecule has 1 aliphatic rings. The highest BCUT2D eigenvalue weighted by Gasteiger charge is 2.32. The third-order valence-corrected chi connectivity index (χ3v) is 4.17. The highest BCUT2D eigenvalue weighted by Crippen LogP contribution is 2.40. The monoisotopic (exact) mass is 308 g/mol. The van der Waals surface area contributed by atoms with Gasteiger partial charge >= 0.3 is 0 Å². The van der Waals surface area contributed by atoms with Crippen LogP contribution in [0, 0.1) is 23.4 Å². The minimum absolute atomic E-state index is 0.000499. The van der Waals surface area contributed by atoms with E-state index in [0.29, 0.717) is 18.7 Å². The maximum absolute atomic E-state index is 13.6. The second kappa shape index (κ2) is 4.98. The van der Waals surface area contributed by atoms with Gasteiger partial charge in [-0.05, 0) is 13.3 Å². The minimum atomic E-state index is -0.903. The van der Waals surface area contributed by atoms with Crippen molar-refractivity contribution >= 4 is 15.9 Å². The van der Waals surface area contributed by atoms with Crippen molar-refractivity contribution in [1.82, 2.24) is 0 Å². The quantitative estimate of drug-likeness (QED) is 0.751. The molecule has 1 saturated heterocycles. The van der Waals surface area contributed by atoms with Gasteiger partial charge in [-0.1, -0.05) is 15.9 Å². The average molecular weight is 309 g/mol. The van der Waals surface area contributed by atoms with Gasteiger partial charge in [-0.15, -0.1) is 0 Å². The van der Waals surface area contributed by atoms with Crippen molar-refractivity contribution in [3.63, 3.8) is 0 Å². The lowest BCUT2D eigenvalue weighted by Crippen LogP contribution is -2.11. The molecule has 1 nitrogen and oxygen atoms in total. The summed E-state index contributed by atoms with van der Waals surface area (Å²) in [5.74, 6) is -2.62. The Morgan fingerprint density at radius 1 is 1.29 bits per heavy atom. The van der Waals surface area contributed by atoms with Crippen LogP contribution in [0.3, 0.4) is 0 Å². The van der Waals surface area contributed by atoms with Gasteiger partial charge in [0.15, 0.2) is 0 Å². The van der Waals surface area contributed by atoms with Gasteiger partial charge in [0.1, 0.15) is 17.5 Å². The first-order chi connectivity index (χ1) is 7.99. The molecule has 0 spiro atoms. The summed E-state index contributed by atoms with van der Waals surface area (Å²) in [6.45, 7) is 2.37. The van der Waals surface area contributed by atoms with E-state index in [2.05, 4.69) is 15.9 Å². The zero-order valence-electron chi connectivity index (χ0n) is 9.22. The summed E-state index contributed by atoms with van der Waals surface area (Å²) in [4.78, 5) is -0.493. The number of rotatable bonds is 2. The molecule has 1 aromatic rings. The predicted molar refractivity (Wildman–Crippen MR) is 61.5 cm³/mol. The molecule has 0 N–H and O–H groups in total. The van der Waals surface area contributed by atoms with E-state index in [1.54, 1.807) is 0 Å². The Kier molecular flexibility index (Phi) is 3.78. The van der Waals surface area contributed by atoms with E-state index in [9.17, 15) is 13.2 Å². The summed E-state index contributed by atoms with van der Waals surface area (Å²) in [5.41, 5.74) is -0.117. The summed E-state index contributed by atoms with van der Waals surface area (Å²) >= 11 is 3.28. The van der Waals surface area contributed by atoms with Gasteiger partial charge in [0.05, 0.1) is 17.5 Å². The molecule has 1 heterocycles. The molecule has 2 rings (SSSR count). The fourth-order valence-corrected chi connectivity index (χ4v) is 2.91. The Balaban J connectivity index is 2.27. The number of benzene rings is 1. The molecule has 0 aromatic heterocycles. The number of hydrogen-bond donors (Lipinski definition) is 0. The van der Waals surface area contributed by atoms with Crippen LogP contribution in [-0.2, 0) is 4.74 Å². The van der Waals surface area contributed by atoms with Gasteiger partial charge < -0.3 is 4.74 Å². The lowest BCUT2D eigenvalue weighted by Gasteiger charge is -2.17. The van der Waals surface area contributed by atoms with Crippen molar-refractivity contribution in [3.05, 3.63) is 35.1 Å². The van der Waals surface area contributed by atoms with Gasteiger partial charge in [-0.2, -0.15) is 0 Å². The summed E-state index contributed by atoms with van der Waals surface area (Å²) in [6.07, 6.45) is 0.818. The van der Waals surface area contributed by atoms with Crippen LogP contribution in [0.4, 0.5) is 13.2 Å². The standard InChI is InChI=1S/C12H12BrF3O/c1-6-2-7(5-17-6)12(13)11-9(15)3-8(14)4-10(11)16/h3-4,6-7,12H,2,5H2,1H3. The van der Waals surface area contributed by atoms with Crippen LogP contribution in [0.25, 0.3) is 0 Å². The topological polar surface area (TPSA) is 9.23 Å². The molecule has 0 bridgehead atoms. The molecule has 1 aromatic carbocycles. The number of alkyl halides is 1. The molecule has 1 fully saturated rings. The normalized spacial score (nSPS) is 26.2. The minimum Gasteiger partial charge on any atom is -0.378 e. The van der Waals surface area contributed by atoms with Gasteiger partial charge in [-0.3, -0.25) is 0 Å². The third-order valence-electron chi connectivity index (χ3n) is 2.96. The van der Waals surface area contributed by atoms with Crippen molar-refractivity contribution < 1.29 is 17.9 Å². The first-order valence-corrected chi connectivity index (χ1v) is 6.30. The van der Waals surface area contributed by atoms with E-state index >= 15 is 0 Å². The number of halogens is 4. The Bertz CT molecular complexity index is 401. The molecule has 3 unspecified atom stereocenters. The summed E-state index contributed by atoms with van der Waals surface area (Å²) in [6, 6.07) is 1.40. The Morgan fingerprint density at radius 3 is 2.35 bits per heavy atom. The molecule has 0 aliphatic carbocycles. The van der Waals surface area contributed by atoms with Crippen molar-refractivity contribution in [1.29, 1.82) is 0 Å². The van der Waals surface area contributed by atoms with E-state index in [1.165, 1.54) is 0 Å². The summed E-state index contributed by atoms with van der Waals surface area (Å²) in [5, 5.41) is 0.